The molecule has 0 saturated heterocycles. The van der Waals surface area contributed by atoms with E-state index in [0.29, 0.717) is 22.1 Å². The van der Waals surface area contributed by atoms with Gasteiger partial charge in [-0.15, -0.1) is 0 Å². The van der Waals surface area contributed by atoms with Gasteiger partial charge in [0, 0.05) is 12.6 Å². The summed E-state index contributed by atoms with van der Waals surface area (Å²) in [5.74, 6) is -0.281. The number of fused-ring (bicyclic) bond motifs is 4. The number of halogens is 3. The molecule has 1 atom stereocenters. The van der Waals surface area contributed by atoms with Crippen LogP contribution in [0.2, 0.25) is 0 Å². The predicted octanol–water partition coefficient (Wildman–Crippen LogP) is 3.09. The van der Waals surface area contributed by atoms with Crippen LogP contribution in [-0.4, -0.2) is 43.8 Å². The number of nitrogens with zero attached hydrogens (tertiary/aromatic N) is 6. The third kappa shape index (κ3) is 3.37. The highest BCUT2D eigenvalue weighted by atomic mass is 19.4. The first kappa shape index (κ1) is 21.6. The molecular formula is C22H16F3N7O2. The molecule has 0 saturated carbocycles. The second-order valence-corrected chi connectivity index (χ2v) is 7.82. The fourth-order valence-corrected chi connectivity index (χ4v) is 4.09. The number of hydrogen-bond acceptors (Lipinski definition) is 7. The number of ether oxygens (including phenoxy) is 1. The summed E-state index contributed by atoms with van der Waals surface area (Å²) in [6.45, 7) is -0.0233. The first-order chi connectivity index (χ1) is 16.2. The number of amides is 1. The van der Waals surface area contributed by atoms with Gasteiger partial charge in [0.05, 0.1) is 59.6 Å². The number of hydrogen-bond donors (Lipinski definition) is 1. The van der Waals surface area contributed by atoms with E-state index in [-0.39, 0.29) is 35.9 Å². The number of nitriles is 1. The van der Waals surface area contributed by atoms with Gasteiger partial charge in [-0.25, -0.2) is 15.0 Å². The van der Waals surface area contributed by atoms with E-state index in [9.17, 15) is 23.2 Å². The normalized spacial score (nSPS) is 15.8. The van der Waals surface area contributed by atoms with E-state index in [2.05, 4.69) is 15.0 Å². The Hall–Kier alpha value is -4.24. The van der Waals surface area contributed by atoms with E-state index >= 15 is 0 Å². The van der Waals surface area contributed by atoms with Crippen molar-refractivity contribution < 1.29 is 22.7 Å². The van der Waals surface area contributed by atoms with E-state index in [0.717, 1.165) is 6.07 Å². The second kappa shape index (κ2) is 7.67. The van der Waals surface area contributed by atoms with Crippen LogP contribution < -0.4 is 5.73 Å². The highest BCUT2D eigenvalue weighted by molar-refractivity contribution is 6.01. The van der Waals surface area contributed by atoms with Crippen molar-refractivity contribution in [3.05, 3.63) is 64.9 Å². The molecular weight excluding hydrogens is 451 g/mol. The van der Waals surface area contributed by atoms with Crippen LogP contribution >= 0.6 is 0 Å². The van der Waals surface area contributed by atoms with Gasteiger partial charge in [-0.05, 0) is 18.2 Å². The van der Waals surface area contributed by atoms with E-state index in [1.54, 1.807) is 4.40 Å². The predicted molar refractivity (Wildman–Crippen MR) is 113 cm³/mol. The maximum Gasteiger partial charge on any atom is 0.433 e. The van der Waals surface area contributed by atoms with Crippen molar-refractivity contribution in [1.82, 2.24) is 24.3 Å². The fourth-order valence-electron chi connectivity index (χ4n) is 4.09. The maximum atomic E-state index is 13.5. The van der Waals surface area contributed by atoms with Crippen molar-refractivity contribution in [2.45, 2.75) is 18.8 Å². The van der Waals surface area contributed by atoms with Crippen LogP contribution in [0.4, 0.5) is 19.0 Å². The van der Waals surface area contributed by atoms with Gasteiger partial charge in [-0.1, -0.05) is 6.07 Å². The number of nitrogens with two attached hydrogens (primary N) is 1. The third-order valence-corrected chi connectivity index (χ3v) is 5.83. The minimum Gasteiger partial charge on any atom is -0.382 e. The maximum absolute atomic E-state index is 13.5. The Morgan fingerprint density at radius 2 is 2.09 bits per heavy atom. The summed E-state index contributed by atoms with van der Waals surface area (Å²) in [7, 11) is 1.50. The minimum atomic E-state index is -4.59. The van der Waals surface area contributed by atoms with Gasteiger partial charge in [-0.3, -0.25) is 9.20 Å². The van der Waals surface area contributed by atoms with Crippen LogP contribution in [-0.2, 0) is 17.5 Å². The van der Waals surface area contributed by atoms with E-state index in [1.165, 1.54) is 42.7 Å². The summed E-state index contributed by atoms with van der Waals surface area (Å²) in [5.41, 5.74) is 7.18. The molecule has 0 spiro atoms. The van der Waals surface area contributed by atoms with Crippen molar-refractivity contribution in [1.29, 1.82) is 5.26 Å². The zero-order valence-corrected chi connectivity index (χ0v) is 17.7. The minimum absolute atomic E-state index is 0.0710. The highest BCUT2D eigenvalue weighted by Crippen LogP contribution is 2.34. The monoisotopic (exact) mass is 467 g/mol. The number of nitrogen functional groups attached to an aromatic ring is 1. The van der Waals surface area contributed by atoms with Crippen LogP contribution in [0.3, 0.4) is 0 Å². The number of carbonyl (C=O) groups excluding carboxylic acids is 1. The van der Waals surface area contributed by atoms with Crippen molar-refractivity contribution in [3.63, 3.8) is 0 Å². The lowest BCUT2D eigenvalue weighted by Gasteiger charge is -2.33. The number of likely N-dealkylation sites (N-methyl/N-ethyl adjacent to an activating group) is 1. The topological polar surface area (TPSA) is 122 Å². The molecule has 4 aromatic rings. The average molecular weight is 467 g/mol. The zero-order chi connectivity index (χ0) is 24.2. The summed E-state index contributed by atoms with van der Waals surface area (Å²) in [6.07, 6.45) is -1.53. The van der Waals surface area contributed by atoms with Crippen LogP contribution in [0.5, 0.6) is 0 Å². The molecule has 9 nitrogen and oxygen atoms in total. The number of anilines is 1. The summed E-state index contributed by atoms with van der Waals surface area (Å²) >= 11 is 0. The molecule has 0 radical (unpaired) electrons. The lowest BCUT2D eigenvalue weighted by atomic mass is 9.99. The molecule has 4 heterocycles. The SMILES string of the molecule is CN(C(=O)c1cc2c(cc1C#N)nc(N)c1cncn12)C1COCc2nc(C(F)(F)F)ccc21. The Labute approximate surface area is 190 Å². The van der Waals surface area contributed by atoms with Crippen LogP contribution in [0.15, 0.2) is 36.8 Å². The quantitative estimate of drug-likeness (QED) is 0.481. The number of aromatic nitrogens is 4. The van der Waals surface area contributed by atoms with E-state index in [1.807, 2.05) is 6.07 Å². The molecule has 0 aliphatic carbocycles. The van der Waals surface area contributed by atoms with Gasteiger partial charge in [0.25, 0.3) is 5.91 Å². The van der Waals surface area contributed by atoms with Crippen molar-refractivity contribution >= 4 is 28.3 Å². The smallest absolute Gasteiger partial charge is 0.382 e. The summed E-state index contributed by atoms with van der Waals surface area (Å²) in [6, 6.07) is 6.52. The average Bonchev–Trinajstić information content (AvgIpc) is 3.32. The van der Waals surface area contributed by atoms with Crippen LogP contribution in [0.25, 0.3) is 16.6 Å². The first-order valence-corrected chi connectivity index (χ1v) is 10.1. The number of alkyl halides is 3. The molecule has 12 heteroatoms. The molecule has 1 aliphatic heterocycles. The summed E-state index contributed by atoms with van der Waals surface area (Å²) in [4.78, 5) is 26.9. The van der Waals surface area contributed by atoms with Crippen molar-refractivity contribution in [2.24, 2.45) is 0 Å². The Balaban J connectivity index is 1.57. The lowest BCUT2D eigenvalue weighted by molar-refractivity contribution is -0.141. The number of carbonyl (C=O) groups is 1. The van der Waals surface area contributed by atoms with Gasteiger partial charge in [0.15, 0.2) is 0 Å². The lowest BCUT2D eigenvalue weighted by Crippen LogP contribution is -2.37. The van der Waals surface area contributed by atoms with Crippen LogP contribution in [0.1, 0.15) is 38.9 Å². The van der Waals surface area contributed by atoms with Crippen LogP contribution in [0, 0.1) is 11.3 Å². The highest BCUT2D eigenvalue weighted by Gasteiger charge is 2.36. The Morgan fingerprint density at radius 1 is 1.29 bits per heavy atom. The number of pyridine rings is 1. The van der Waals surface area contributed by atoms with Gasteiger partial charge < -0.3 is 15.4 Å². The molecule has 1 unspecified atom stereocenters. The molecule has 3 aromatic heterocycles. The molecule has 1 aliphatic rings. The molecule has 34 heavy (non-hydrogen) atoms. The zero-order valence-electron chi connectivity index (χ0n) is 17.7. The number of imidazole rings is 1. The molecule has 1 aromatic carbocycles. The van der Waals surface area contributed by atoms with Gasteiger partial charge in [0.1, 0.15) is 23.1 Å². The molecule has 0 fully saturated rings. The van der Waals surface area contributed by atoms with Crippen molar-refractivity contribution in [2.75, 3.05) is 19.4 Å². The molecule has 5 rings (SSSR count). The number of benzene rings is 1. The fraction of sp³-hybridized carbons (Fsp3) is 0.227. The van der Waals surface area contributed by atoms with E-state index < -0.39 is 23.8 Å². The number of rotatable bonds is 2. The molecule has 172 valence electrons. The van der Waals surface area contributed by atoms with Gasteiger partial charge in [0.2, 0.25) is 0 Å². The Bertz CT molecular complexity index is 1510. The first-order valence-electron chi connectivity index (χ1n) is 10.1. The summed E-state index contributed by atoms with van der Waals surface area (Å²) < 4.78 is 46.3. The second-order valence-electron chi connectivity index (χ2n) is 7.82. The Kier molecular flexibility index (Phi) is 4.87. The molecule has 2 N–H and O–H groups in total. The standard InChI is InChI=1S/C22H16F3N7O2/c1-31(18-9-34-8-15-12(18)2-3-19(29-15)22(23,24)25)21(33)13-5-16-14(4-11(13)6-26)30-20(27)17-7-28-10-32(16)17/h2-5,7,10,18H,8-9H2,1H3,(H2,27,30). The third-order valence-electron chi connectivity index (χ3n) is 5.83. The van der Waals surface area contributed by atoms with Crippen molar-refractivity contribution in [3.8, 4) is 6.07 Å². The van der Waals surface area contributed by atoms with Gasteiger partial charge >= 0.3 is 6.18 Å². The van der Waals surface area contributed by atoms with Gasteiger partial charge in [-0.2, -0.15) is 18.4 Å². The van der Waals surface area contributed by atoms with E-state index in [4.69, 9.17) is 10.5 Å². The molecule has 1 amide bonds. The Morgan fingerprint density at radius 3 is 2.82 bits per heavy atom. The summed E-state index contributed by atoms with van der Waals surface area (Å²) in [5, 5.41) is 9.69. The molecule has 0 bridgehead atoms. The largest absolute Gasteiger partial charge is 0.433 e.